The molecule has 32 heavy (non-hydrogen) atoms. The predicted molar refractivity (Wildman–Crippen MR) is 123 cm³/mol. The predicted octanol–water partition coefficient (Wildman–Crippen LogP) is 3.43. The first-order valence-electron chi connectivity index (χ1n) is 9.87. The molecule has 3 aromatic rings. The SMILES string of the molecule is Cc1ccc(-c2nnc(NC(=O)CCCN(c3ccc4c(c3)OCO4)S(C)(=O)=O)s2)cc1. The zero-order valence-corrected chi connectivity index (χ0v) is 19.2. The molecule has 1 aromatic heterocycles. The molecule has 0 atom stereocenters. The van der Waals surface area contributed by atoms with E-state index in [1.165, 1.54) is 15.6 Å². The summed E-state index contributed by atoms with van der Waals surface area (Å²) in [5, 5.41) is 12.0. The Bertz CT molecular complexity index is 1230. The molecule has 0 unspecified atom stereocenters. The van der Waals surface area contributed by atoms with Crippen molar-refractivity contribution in [3.63, 3.8) is 0 Å². The van der Waals surface area contributed by atoms with E-state index in [0.29, 0.717) is 33.7 Å². The molecule has 11 heteroatoms. The van der Waals surface area contributed by atoms with Crippen LogP contribution < -0.4 is 19.1 Å². The van der Waals surface area contributed by atoms with Gasteiger partial charge in [0.25, 0.3) is 0 Å². The molecule has 9 nitrogen and oxygen atoms in total. The van der Waals surface area contributed by atoms with Gasteiger partial charge in [-0.15, -0.1) is 10.2 Å². The Hall–Kier alpha value is -3.18. The molecule has 0 fully saturated rings. The topological polar surface area (TPSA) is 111 Å². The van der Waals surface area contributed by atoms with E-state index in [0.717, 1.165) is 17.4 Å². The Kier molecular flexibility index (Phi) is 6.28. The van der Waals surface area contributed by atoms with Crippen molar-refractivity contribution in [3.8, 4) is 22.1 Å². The third kappa shape index (κ3) is 5.17. The molecule has 4 rings (SSSR count). The number of anilines is 2. The number of amides is 1. The number of nitrogens with zero attached hydrogens (tertiary/aromatic N) is 3. The third-order valence-electron chi connectivity index (χ3n) is 4.78. The summed E-state index contributed by atoms with van der Waals surface area (Å²) in [6.45, 7) is 2.26. The van der Waals surface area contributed by atoms with E-state index in [-0.39, 0.29) is 25.7 Å². The lowest BCUT2D eigenvalue weighted by atomic mass is 10.2. The number of rotatable bonds is 8. The molecule has 0 saturated carbocycles. The lowest BCUT2D eigenvalue weighted by molar-refractivity contribution is -0.116. The number of nitrogens with one attached hydrogen (secondary N) is 1. The van der Waals surface area contributed by atoms with Crippen molar-refractivity contribution in [2.75, 3.05) is 29.2 Å². The van der Waals surface area contributed by atoms with Crippen LogP contribution in [0.5, 0.6) is 11.5 Å². The fraction of sp³-hybridized carbons (Fsp3) is 0.286. The minimum absolute atomic E-state index is 0.106. The molecule has 0 spiro atoms. The van der Waals surface area contributed by atoms with Gasteiger partial charge in [0.05, 0.1) is 11.9 Å². The summed E-state index contributed by atoms with van der Waals surface area (Å²) in [4.78, 5) is 12.3. The smallest absolute Gasteiger partial charge is 0.232 e. The molecule has 0 bridgehead atoms. The van der Waals surface area contributed by atoms with Crippen LogP contribution in [0.3, 0.4) is 0 Å². The van der Waals surface area contributed by atoms with Crippen molar-refractivity contribution >= 4 is 38.1 Å². The highest BCUT2D eigenvalue weighted by atomic mass is 32.2. The maximum atomic E-state index is 12.3. The lowest BCUT2D eigenvalue weighted by Gasteiger charge is -2.22. The van der Waals surface area contributed by atoms with Gasteiger partial charge in [-0.25, -0.2) is 8.42 Å². The standard InChI is InChI=1S/C21H22N4O5S2/c1-14-5-7-15(8-6-14)20-23-24-21(31-20)22-19(26)4-3-11-25(32(2,27)28)16-9-10-17-18(12-16)30-13-29-17/h5-10,12H,3-4,11,13H2,1-2H3,(H,22,24,26). The molecule has 1 aliphatic heterocycles. The summed E-state index contributed by atoms with van der Waals surface area (Å²) in [7, 11) is -3.54. The average molecular weight is 475 g/mol. The van der Waals surface area contributed by atoms with Crippen molar-refractivity contribution in [1.29, 1.82) is 0 Å². The van der Waals surface area contributed by atoms with Crippen LogP contribution in [0.15, 0.2) is 42.5 Å². The number of ether oxygens (including phenoxy) is 2. The van der Waals surface area contributed by atoms with Gasteiger partial charge < -0.3 is 14.8 Å². The average Bonchev–Trinajstić information content (AvgIpc) is 3.40. The van der Waals surface area contributed by atoms with Gasteiger partial charge in [0, 0.05) is 24.6 Å². The second-order valence-corrected chi connectivity index (χ2v) is 10.2. The first-order valence-corrected chi connectivity index (χ1v) is 12.5. The van der Waals surface area contributed by atoms with E-state index >= 15 is 0 Å². The Labute approximate surface area is 190 Å². The van der Waals surface area contributed by atoms with Gasteiger partial charge in [0.15, 0.2) is 11.5 Å². The Morgan fingerprint density at radius 3 is 2.62 bits per heavy atom. The first kappa shape index (κ1) is 22.0. The van der Waals surface area contributed by atoms with Crippen molar-refractivity contribution in [1.82, 2.24) is 10.2 Å². The molecule has 0 radical (unpaired) electrons. The van der Waals surface area contributed by atoms with Crippen LogP contribution >= 0.6 is 11.3 Å². The van der Waals surface area contributed by atoms with Gasteiger partial charge in [-0.05, 0) is 25.5 Å². The van der Waals surface area contributed by atoms with Gasteiger partial charge in [-0.1, -0.05) is 41.2 Å². The molecule has 0 saturated heterocycles. The van der Waals surface area contributed by atoms with Crippen molar-refractivity contribution in [2.24, 2.45) is 0 Å². The fourth-order valence-corrected chi connectivity index (χ4v) is 4.90. The number of hydrogen-bond acceptors (Lipinski definition) is 8. The van der Waals surface area contributed by atoms with Crippen LogP contribution in [0.2, 0.25) is 0 Å². The number of sulfonamides is 1. The van der Waals surface area contributed by atoms with Crippen molar-refractivity contribution in [3.05, 3.63) is 48.0 Å². The third-order valence-corrected chi connectivity index (χ3v) is 6.86. The second-order valence-electron chi connectivity index (χ2n) is 7.30. The van der Waals surface area contributed by atoms with Crippen LogP contribution in [0.25, 0.3) is 10.6 Å². The summed E-state index contributed by atoms with van der Waals surface area (Å²) < 4.78 is 36.4. The van der Waals surface area contributed by atoms with E-state index in [4.69, 9.17) is 9.47 Å². The number of carbonyl (C=O) groups is 1. The second kappa shape index (κ2) is 9.13. The maximum absolute atomic E-state index is 12.3. The number of benzene rings is 2. The van der Waals surface area contributed by atoms with Crippen LogP contribution in [-0.4, -0.2) is 44.1 Å². The van der Waals surface area contributed by atoms with Crippen molar-refractivity contribution in [2.45, 2.75) is 19.8 Å². The Morgan fingerprint density at radius 1 is 1.12 bits per heavy atom. The van der Waals surface area contributed by atoms with Gasteiger partial charge in [-0.3, -0.25) is 9.10 Å². The Balaban J connectivity index is 1.34. The lowest BCUT2D eigenvalue weighted by Crippen LogP contribution is -2.31. The van der Waals surface area contributed by atoms with E-state index in [1.54, 1.807) is 18.2 Å². The quantitative estimate of drug-likeness (QED) is 0.532. The first-order chi connectivity index (χ1) is 15.3. The molecule has 168 valence electrons. The molecular formula is C21H22N4O5S2. The van der Waals surface area contributed by atoms with E-state index < -0.39 is 10.0 Å². The number of aromatic nitrogens is 2. The summed E-state index contributed by atoms with van der Waals surface area (Å²) in [5.41, 5.74) is 2.54. The van der Waals surface area contributed by atoms with Gasteiger partial charge in [-0.2, -0.15) is 0 Å². The molecular weight excluding hydrogens is 452 g/mol. The number of fused-ring (bicyclic) bond motifs is 1. The van der Waals surface area contributed by atoms with E-state index in [1.807, 2.05) is 31.2 Å². The monoisotopic (exact) mass is 474 g/mol. The highest BCUT2D eigenvalue weighted by Gasteiger charge is 2.21. The van der Waals surface area contributed by atoms with Gasteiger partial charge in [0.2, 0.25) is 27.9 Å². The molecule has 2 aromatic carbocycles. The molecule has 1 N–H and O–H groups in total. The zero-order chi connectivity index (χ0) is 22.7. The highest BCUT2D eigenvalue weighted by Crippen LogP contribution is 2.36. The van der Waals surface area contributed by atoms with Crippen LogP contribution in [-0.2, 0) is 14.8 Å². The van der Waals surface area contributed by atoms with Crippen LogP contribution in [0.1, 0.15) is 18.4 Å². The minimum atomic E-state index is -3.54. The van der Waals surface area contributed by atoms with Gasteiger partial charge in [0.1, 0.15) is 5.01 Å². The number of aryl methyl sites for hydroxylation is 1. The molecule has 2 heterocycles. The number of hydrogen-bond donors (Lipinski definition) is 1. The Morgan fingerprint density at radius 2 is 1.88 bits per heavy atom. The van der Waals surface area contributed by atoms with E-state index in [2.05, 4.69) is 15.5 Å². The normalized spacial score (nSPS) is 12.6. The minimum Gasteiger partial charge on any atom is -0.454 e. The highest BCUT2D eigenvalue weighted by molar-refractivity contribution is 7.92. The largest absolute Gasteiger partial charge is 0.454 e. The molecule has 1 aliphatic rings. The van der Waals surface area contributed by atoms with Crippen LogP contribution in [0.4, 0.5) is 10.8 Å². The zero-order valence-electron chi connectivity index (χ0n) is 17.6. The van der Waals surface area contributed by atoms with E-state index in [9.17, 15) is 13.2 Å². The summed E-state index contributed by atoms with van der Waals surface area (Å²) >= 11 is 1.29. The molecule has 1 amide bonds. The number of carbonyl (C=O) groups excluding carboxylic acids is 1. The van der Waals surface area contributed by atoms with Crippen molar-refractivity contribution < 1.29 is 22.7 Å². The maximum Gasteiger partial charge on any atom is 0.232 e. The fourth-order valence-electron chi connectivity index (χ4n) is 3.18. The van der Waals surface area contributed by atoms with Crippen LogP contribution in [0, 0.1) is 6.92 Å². The van der Waals surface area contributed by atoms with Gasteiger partial charge >= 0.3 is 0 Å². The summed E-state index contributed by atoms with van der Waals surface area (Å²) in [5.74, 6) is 0.814. The molecule has 0 aliphatic carbocycles. The summed E-state index contributed by atoms with van der Waals surface area (Å²) in [6.07, 6.45) is 1.60. The summed E-state index contributed by atoms with van der Waals surface area (Å²) in [6, 6.07) is 12.8.